The number of rotatable bonds is 8. The number of aliphatic hydroxyl groups excluding tert-OH is 2. The van der Waals surface area contributed by atoms with E-state index in [9.17, 15) is 28.8 Å². The first-order valence-electron chi connectivity index (χ1n) is 7.80. The van der Waals surface area contributed by atoms with Crippen molar-refractivity contribution in [3.63, 3.8) is 0 Å². The second kappa shape index (κ2) is 8.49. The Balaban J connectivity index is 1.69. The summed E-state index contributed by atoms with van der Waals surface area (Å²) < 4.78 is 51.5. The van der Waals surface area contributed by atoms with Crippen LogP contribution in [0.5, 0.6) is 0 Å². The molecule has 0 radical (unpaired) electrons. The average molecular weight is 508 g/mol. The molecule has 22 heteroatoms. The molecule has 2 aromatic heterocycles. The first-order valence-corrected chi connectivity index (χ1v) is 12.3. The molecule has 0 aromatic carbocycles. The van der Waals surface area contributed by atoms with E-state index in [1.807, 2.05) is 0 Å². The number of aromatic nitrogens is 5. The van der Waals surface area contributed by atoms with Gasteiger partial charge in [-0.2, -0.15) is 13.3 Å². The molecule has 1 saturated heterocycles. The molecule has 1 aliphatic rings. The molecular weight excluding hydrogens is 493 g/mol. The number of hydrogen-bond acceptors (Lipinski definition) is 14. The zero-order chi connectivity index (χ0) is 23.2. The summed E-state index contributed by atoms with van der Waals surface area (Å²) in [6.45, 7) is -0.984. The van der Waals surface area contributed by atoms with E-state index in [4.69, 9.17) is 25.2 Å². The van der Waals surface area contributed by atoms with Crippen molar-refractivity contribution in [2.45, 2.75) is 24.5 Å². The van der Waals surface area contributed by atoms with Gasteiger partial charge in [0.1, 0.15) is 24.6 Å². The molecule has 0 saturated carbocycles. The van der Waals surface area contributed by atoms with Gasteiger partial charge in [0.15, 0.2) is 23.2 Å². The lowest BCUT2D eigenvalue weighted by atomic mass is 10.1. The summed E-state index contributed by atoms with van der Waals surface area (Å²) in [6, 6.07) is 0. The molecular formula is C9H15N6O13P3. The van der Waals surface area contributed by atoms with Gasteiger partial charge in [-0.1, -0.05) is 5.21 Å². The zero-order valence-corrected chi connectivity index (χ0v) is 17.5. The van der Waals surface area contributed by atoms with Gasteiger partial charge in [-0.25, -0.2) is 23.7 Å². The number of phosphoric acid groups is 3. The molecule has 19 nitrogen and oxygen atoms in total. The lowest BCUT2D eigenvalue weighted by molar-refractivity contribution is -0.0566. The fourth-order valence-corrected chi connectivity index (χ4v) is 5.52. The van der Waals surface area contributed by atoms with Crippen LogP contribution in [-0.2, 0) is 31.6 Å². The second-order valence-corrected chi connectivity index (χ2v) is 10.3. The minimum absolute atomic E-state index is 0.0199. The van der Waals surface area contributed by atoms with Crippen molar-refractivity contribution in [1.29, 1.82) is 0 Å². The maximum absolute atomic E-state index is 11.8. The number of nitrogens with zero attached hydrogens (tertiary/aromatic N) is 5. The number of aliphatic hydroxyl groups is 2. The van der Waals surface area contributed by atoms with Gasteiger partial charge in [0.05, 0.1) is 6.61 Å². The fraction of sp³-hybridized carbons (Fsp3) is 0.556. The van der Waals surface area contributed by atoms with Gasteiger partial charge in [0.25, 0.3) is 0 Å². The van der Waals surface area contributed by atoms with Gasteiger partial charge in [-0.05, 0) is 0 Å². The van der Waals surface area contributed by atoms with Crippen LogP contribution in [0.2, 0.25) is 0 Å². The Hall–Kier alpha value is -1.43. The van der Waals surface area contributed by atoms with Crippen molar-refractivity contribution in [3.8, 4) is 0 Å². The van der Waals surface area contributed by atoms with Crippen LogP contribution < -0.4 is 5.73 Å². The zero-order valence-electron chi connectivity index (χ0n) is 14.8. The van der Waals surface area contributed by atoms with Crippen LogP contribution >= 0.6 is 23.5 Å². The van der Waals surface area contributed by atoms with E-state index in [1.54, 1.807) is 0 Å². The molecule has 0 bridgehead atoms. The van der Waals surface area contributed by atoms with E-state index >= 15 is 0 Å². The van der Waals surface area contributed by atoms with Crippen LogP contribution in [0.4, 0.5) is 5.82 Å². The molecule has 8 N–H and O–H groups in total. The minimum Gasteiger partial charge on any atom is -0.387 e. The SMILES string of the molecule is Nc1ncnc2c1nnn2[C@@H]1O[C@H](COP(=O)(O)OP(=O)(O)OP(=O)(O)O)[C@@H](O)[C@H]1O. The lowest BCUT2D eigenvalue weighted by Crippen LogP contribution is -2.33. The van der Waals surface area contributed by atoms with Crippen molar-refractivity contribution < 1.29 is 61.4 Å². The molecule has 1 aliphatic heterocycles. The topological polar surface area (TPSA) is 292 Å². The normalized spacial score (nSPS) is 28.5. The summed E-state index contributed by atoms with van der Waals surface area (Å²) in [5.41, 5.74) is 5.74. The Kier molecular flexibility index (Phi) is 6.63. The average Bonchev–Trinajstić information content (AvgIpc) is 3.13. The molecule has 31 heavy (non-hydrogen) atoms. The Morgan fingerprint density at radius 1 is 1.06 bits per heavy atom. The third-order valence-electron chi connectivity index (χ3n) is 3.69. The first-order chi connectivity index (χ1) is 14.2. The molecule has 0 amide bonds. The summed E-state index contributed by atoms with van der Waals surface area (Å²) in [7, 11) is -16.7. The van der Waals surface area contributed by atoms with Crippen LogP contribution in [0.3, 0.4) is 0 Å². The Morgan fingerprint density at radius 2 is 1.74 bits per heavy atom. The minimum atomic E-state index is -5.71. The largest absolute Gasteiger partial charge is 0.490 e. The van der Waals surface area contributed by atoms with Gasteiger partial charge < -0.3 is 40.3 Å². The molecule has 2 unspecified atom stereocenters. The molecule has 0 spiro atoms. The monoisotopic (exact) mass is 508 g/mol. The summed E-state index contributed by atoms with van der Waals surface area (Å²) in [6.07, 6.45) is -5.18. The van der Waals surface area contributed by atoms with Crippen LogP contribution in [0.1, 0.15) is 6.23 Å². The van der Waals surface area contributed by atoms with Gasteiger partial charge in [-0.15, -0.1) is 5.10 Å². The standard InChI is InChI=1S/C9H15N6O13P3/c10-7-4-8(12-2-11-7)15(14-13-4)9-6(17)5(16)3(26-9)1-25-30(21,22)28-31(23,24)27-29(18,19)20/h2-3,5-6,9,16-17H,1H2,(H,21,22)(H,23,24)(H2,10,11,12)(H2,18,19,20)/t3-,5-,6-,9-/m1/s1. The molecule has 6 atom stereocenters. The van der Waals surface area contributed by atoms with Gasteiger partial charge in [0.2, 0.25) is 0 Å². The molecule has 3 rings (SSSR count). The number of hydrogen-bond donors (Lipinski definition) is 7. The van der Waals surface area contributed by atoms with E-state index in [-0.39, 0.29) is 17.0 Å². The summed E-state index contributed by atoms with van der Waals surface area (Å²) >= 11 is 0. The molecule has 174 valence electrons. The van der Waals surface area contributed by atoms with Crippen molar-refractivity contribution in [3.05, 3.63) is 6.33 Å². The predicted molar refractivity (Wildman–Crippen MR) is 93.3 cm³/mol. The van der Waals surface area contributed by atoms with Crippen LogP contribution in [0, 0.1) is 0 Å². The highest BCUT2D eigenvalue weighted by molar-refractivity contribution is 7.66. The highest BCUT2D eigenvalue weighted by Gasteiger charge is 2.47. The number of nitrogen functional groups attached to an aromatic ring is 1. The van der Waals surface area contributed by atoms with Gasteiger partial charge in [0, 0.05) is 0 Å². The quantitative estimate of drug-likeness (QED) is 0.185. The number of phosphoric ester groups is 1. The Morgan fingerprint density at radius 3 is 2.39 bits per heavy atom. The molecule has 0 aliphatic carbocycles. The smallest absolute Gasteiger partial charge is 0.387 e. The van der Waals surface area contributed by atoms with E-state index in [0.29, 0.717) is 0 Å². The van der Waals surface area contributed by atoms with Crippen LogP contribution in [0.25, 0.3) is 11.2 Å². The third kappa shape index (κ3) is 5.68. The molecule has 2 aromatic rings. The summed E-state index contributed by atoms with van der Waals surface area (Å²) in [4.78, 5) is 43.1. The highest BCUT2D eigenvalue weighted by atomic mass is 31.3. The van der Waals surface area contributed by atoms with Crippen molar-refractivity contribution in [2.24, 2.45) is 0 Å². The van der Waals surface area contributed by atoms with Crippen molar-refractivity contribution in [2.75, 3.05) is 12.3 Å². The van der Waals surface area contributed by atoms with Crippen molar-refractivity contribution in [1.82, 2.24) is 25.0 Å². The predicted octanol–water partition coefficient (Wildman–Crippen LogP) is -2.23. The maximum atomic E-state index is 11.8. The number of fused-ring (bicyclic) bond motifs is 1. The molecule has 1 fully saturated rings. The third-order valence-corrected chi connectivity index (χ3v) is 7.49. The van der Waals surface area contributed by atoms with Crippen molar-refractivity contribution >= 4 is 40.4 Å². The molecule has 3 heterocycles. The summed E-state index contributed by atoms with van der Waals surface area (Å²) in [5, 5.41) is 27.8. The fourth-order valence-electron chi connectivity index (χ4n) is 2.49. The summed E-state index contributed by atoms with van der Waals surface area (Å²) in [5.74, 6) is -0.0199. The highest BCUT2D eigenvalue weighted by Crippen LogP contribution is 2.66. The van der Waals surface area contributed by atoms with E-state index in [0.717, 1.165) is 11.0 Å². The van der Waals surface area contributed by atoms with E-state index < -0.39 is 54.6 Å². The Bertz CT molecular complexity index is 1110. The first kappa shape index (κ1) is 24.2. The van der Waals surface area contributed by atoms with Crippen LogP contribution in [-0.4, -0.2) is 79.7 Å². The van der Waals surface area contributed by atoms with Gasteiger partial charge >= 0.3 is 23.5 Å². The van der Waals surface area contributed by atoms with Crippen LogP contribution in [0.15, 0.2) is 6.33 Å². The van der Waals surface area contributed by atoms with Gasteiger partial charge in [-0.3, -0.25) is 4.52 Å². The second-order valence-electron chi connectivity index (χ2n) is 5.90. The maximum Gasteiger partial charge on any atom is 0.490 e. The Labute approximate surface area is 170 Å². The van der Waals surface area contributed by atoms with E-state index in [1.165, 1.54) is 0 Å². The lowest BCUT2D eigenvalue weighted by Gasteiger charge is -2.19. The number of nitrogens with two attached hydrogens (primary N) is 1. The number of anilines is 1. The number of ether oxygens (including phenoxy) is 1. The van der Waals surface area contributed by atoms with E-state index in [2.05, 4.69) is 33.4 Å².